The lowest BCUT2D eigenvalue weighted by Gasteiger charge is -2.07. The van der Waals surface area contributed by atoms with Gasteiger partial charge < -0.3 is 21.2 Å². The number of oxime groups is 1. The van der Waals surface area contributed by atoms with Crippen molar-refractivity contribution >= 4 is 29.5 Å². The van der Waals surface area contributed by atoms with Gasteiger partial charge in [0.05, 0.1) is 6.21 Å². The fourth-order valence-corrected chi connectivity index (χ4v) is 1.82. The summed E-state index contributed by atoms with van der Waals surface area (Å²) in [6.07, 6.45) is 1.55. The van der Waals surface area contributed by atoms with Gasteiger partial charge >= 0.3 is 6.03 Å². The molecule has 0 aliphatic heterocycles. The zero-order chi connectivity index (χ0) is 16.7. The molecule has 0 heterocycles. The Kier molecular flexibility index (Phi) is 5.30. The van der Waals surface area contributed by atoms with Gasteiger partial charge in [-0.1, -0.05) is 17.3 Å². The van der Waals surface area contributed by atoms with E-state index in [-0.39, 0.29) is 5.91 Å². The van der Waals surface area contributed by atoms with Gasteiger partial charge in [-0.2, -0.15) is 0 Å². The Balaban J connectivity index is 2.01. The molecule has 118 valence electrons. The van der Waals surface area contributed by atoms with Crippen LogP contribution in [-0.4, -0.2) is 25.3 Å². The molecule has 23 heavy (non-hydrogen) atoms. The Hall–Kier alpha value is -3.35. The van der Waals surface area contributed by atoms with E-state index in [0.717, 1.165) is 5.56 Å². The number of primary amides is 1. The van der Waals surface area contributed by atoms with E-state index in [9.17, 15) is 9.59 Å². The number of hydrogen-bond donors (Lipinski definition) is 3. The number of nitrogens with zero attached hydrogens (tertiary/aromatic N) is 1. The number of carbonyl (C=O) groups excluding carboxylic acids is 2. The number of urea groups is 1. The fourth-order valence-electron chi connectivity index (χ4n) is 1.82. The van der Waals surface area contributed by atoms with Crippen LogP contribution in [0.1, 0.15) is 15.9 Å². The van der Waals surface area contributed by atoms with Crippen LogP contribution in [0.5, 0.6) is 0 Å². The van der Waals surface area contributed by atoms with Crippen molar-refractivity contribution in [3.63, 3.8) is 0 Å². The summed E-state index contributed by atoms with van der Waals surface area (Å²) in [6, 6.07) is 12.9. The zero-order valence-corrected chi connectivity index (χ0v) is 12.4. The summed E-state index contributed by atoms with van der Waals surface area (Å²) in [6.45, 7) is 0. The molecule has 7 heteroatoms. The number of benzene rings is 2. The van der Waals surface area contributed by atoms with Gasteiger partial charge in [-0.05, 0) is 42.0 Å². The first-order valence-electron chi connectivity index (χ1n) is 6.73. The molecule has 0 aliphatic rings. The number of anilines is 2. The summed E-state index contributed by atoms with van der Waals surface area (Å²) in [5, 5.41) is 8.85. The van der Waals surface area contributed by atoms with Crippen molar-refractivity contribution < 1.29 is 14.4 Å². The van der Waals surface area contributed by atoms with Crippen molar-refractivity contribution in [1.29, 1.82) is 0 Å². The third-order valence-electron chi connectivity index (χ3n) is 2.89. The average molecular weight is 312 g/mol. The van der Waals surface area contributed by atoms with Crippen LogP contribution in [0, 0.1) is 0 Å². The Morgan fingerprint density at radius 1 is 1.00 bits per heavy atom. The third-order valence-corrected chi connectivity index (χ3v) is 2.89. The van der Waals surface area contributed by atoms with Crippen LogP contribution in [-0.2, 0) is 4.84 Å². The van der Waals surface area contributed by atoms with E-state index < -0.39 is 6.03 Å². The maximum absolute atomic E-state index is 12.1. The van der Waals surface area contributed by atoms with Crippen LogP contribution >= 0.6 is 0 Å². The molecule has 0 unspecified atom stereocenters. The van der Waals surface area contributed by atoms with E-state index >= 15 is 0 Å². The minimum absolute atomic E-state index is 0.240. The summed E-state index contributed by atoms with van der Waals surface area (Å²) in [7, 11) is 1.46. The molecule has 2 aromatic rings. The van der Waals surface area contributed by atoms with E-state index in [1.807, 2.05) is 0 Å². The SMILES string of the molecule is CO/N=C/c1ccc(C(=O)Nc2ccc(NC(N)=O)cc2)cc1. The number of nitrogens with two attached hydrogens (primary N) is 1. The predicted octanol–water partition coefficient (Wildman–Crippen LogP) is 2.41. The second-order valence-corrected chi connectivity index (χ2v) is 4.56. The number of carbonyl (C=O) groups is 2. The van der Waals surface area contributed by atoms with Crippen LogP contribution in [0.4, 0.5) is 16.2 Å². The first kappa shape index (κ1) is 16.0. The molecule has 4 N–H and O–H groups in total. The molecule has 0 saturated heterocycles. The van der Waals surface area contributed by atoms with Gasteiger partial charge in [-0.15, -0.1) is 0 Å². The lowest BCUT2D eigenvalue weighted by molar-refractivity contribution is 0.102. The van der Waals surface area contributed by atoms with Crippen LogP contribution in [0.25, 0.3) is 0 Å². The monoisotopic (exact) mass is 312 g/mol. The third kappa shape index (κ3) is 4.85. The standard InChI is InChI=1S/C16H16N4O3/c1-23-18-10-11-2-4-12(5-3-11)15(21)19-13-6-8-14(9-7-13)20-16(17)22/h2-10H,1H3,(H,19,21)(H3,17,20,22)/b18-10+. The molecule has 2 rings (SSSR count). The molecular weight excluding hydrogens is 296 g/mol. The maximum Gasteiger partial charge on any atom is 0.316 e. The lowest BCUT2D eigenvalue weighted by Crippen LogP contribution is -2.19. The highest BCUT2D eigenvalue weighted by molar-refractivity contribution is 6.04. The topological polar surface area (TPSA) is 106 Å². The molecule has 0 aromatic heterocycles. The van der Waals surface area contributed by atoms with Gasteiger partial charge in [0.15, 0.2) is 0 Å². The Labute approximate surface area is 133 Å². The summed E-state index contributed by atoms with van der Waals surface area (Å²) in [5.41, 5.74) is 7.52. The van der Waals surface area contributed by atoms with E-state index in [1.54, 1.807) is 54.7 Å². The zero-order valence-electron chi connectivity index (χ0n) is 12.4. The Bertz CT molecular complexity index is 709. The minimum Gasteiger partial charge on any atom is -0.399 e. The largest absolute Gasteiger partial charge is 0.399 e. The van der Waals surface area contributed by atoms with Gasteiger partial charge in [0.2, 0.25) is 0 Å². The molecule has 0 saturated carbocycles. The number of amides is 3. The average Bonchev–Trinajstić information content (AvgIpc) is 2.54. The van der Waals surface area contributed by atoms with Crippen molar-refractivity contribution in [1.82, 2.24) is 0 Å². The molecule has 3 amide bonds. The van der Waals surface area contributed by atoms with Crippen molar-refractivity contribution in [2.24, 2.45) is 10.9 Å². The number of rotatable bonds is 5. The quantitative estimate of drug-likeness (QED) is 0.583. The maximum atomic E-state index is 12.1. The Morgan fingerprint density at radius 3 is 2.09 bits per heavy atom. The van der Waals surface area contributed by atoms with E-state index in [2.05, 4.69) is 20.6 Å². The first-order valence-corrected chi connectivity index (χ1v) is 6.73. The van der Waals surface area contributed by atoms with E-state index in [0.29, 0.717) is 16.9 Å². The van der Waals surface area contributed by atoms with Gasteiger partial charge in [-0.3, -0.25) is 4.79 Å². The fraction of sp³-hybridized carbons (Fsp3) is 0.0625. The van der Waals surface area contributed by atoms with Crippen molar-refractivity contribution in [2.45, 2.75) is 0 Å². The molecular formula is C16H16N4O3. The Morgan fingerprint density at radius 2 is 1.57 bits per heavy atom. The van der Waals surface area contributed by atoms with Gasteiger partial charge in [0.25, 0.3) is 5.91 Å². The van der Waals surface area contributed by atoms with Crippen molar-refractivity contribution in [3.8, 4) is 0 Å². The van der Waals surface area contributed by atoms with Crippen LogP contribution < -0.4 is 16.4 Å². The van der Waals surface area contributed by atoms with Crippen molar-refractivity contribution in [2.75, 3.05) is 17.7 Å². The van der Waals surface area contributed by atoms with E-state index in [4.69, 9.17) is 5.73 Å². The molecule has 0 radical (unpaired) electrons. The van der Waals surface area contributed by atoms with Gasteiger partial charge in [-0.25, -0.2) is 4.79 Å². The molecule has 2 aromatic carbocycles. The molecule has 7 nitrogen and oxygen atoms in total. The second kappa shape index (κ2) is 7.60. The van der Waals surface area contributed by atoms with Crippen molar-refractivity contribution in [3.05, 3.63) is 59.7 Å². The van der Waals surface area contributed by atoms with Crippen LogP contribution in [0.15, 0.2) is 53.7 Å². The highest BCUT2D eigenvalue weighted by atomic mass is 16.6. The molecule has 0 aliphatic carbocycles. The summed E-state index contributed by atoms with van der Waals surface area (Å²) >= 11 is 0. The van der Waals surface area contributed by atoms with E-state index in [1.165, 1.54) is 7.11 Å². The lowest BCUT2D eigenvalue weighted by atomic mass is 10.1. The first-order chi connectivity index (χ1) is 11.1. The summed E-state index contributed by atoms with van der Waals surface area (Å²) in [5.74, 6) is -0.240. The van der Waals surface area contributed by atoms with Crippen LogP contribution in [0.3, 0.4) is 0 Å². The smallest absolute Gasteiger partial charge is 0.316 e. The van der Waals surface area contributed by atoms with Crippen LogP contribution in [0.2, 0.25) is 0 Å². The number of hydrogen-bond acceptors (Lipinski definition) is 4. The summed E-state index contributed by atoms with van der Waals surface area (Å²) < 4.78 is 0. The highest BCUT2D eigenvalue weighted by Crippen LogP contribution is 2.14. The normalized spacial score (nSPS) is 10.3. The molecule has 0 atom stereocenters. The van der Waals surface area contributed by atoms with Gasteiger partial charge in [0, 0.05) is 16.9 Å². The second-order valence-electron chi connectivity index (χ2n) is 4.56. The molecule has 0 fully saturated rings. The minimum atomic E-state index is -0.640. The predicted molar refractivity (Wildman–Crippen MR) is 88.6 cm³/mol. The summed E-state index contributed by atoms with van der Waals surface area (Å²) in [4.78, 5) is 27.5. The number of nitrogens with one attached hydrogen (secondary N) is 2. The molecule has 0 spiro atoms. The molecule has 0 bridgehead atoms. The van der Waals surface area contributed by atoms with Gasteiger partial charge in [0.1, 0.15) is 7.11 Å². The highest BCUT2D eigenvalue weighted by Gasteiger charge is 2.06.